The van der Waals surface area contributed by atoms with Crippen LogP contribution in [0.15, 0.2) is 24.3 Å². The highest BCUT2D eigenvalue weighted by Gasteiger charge is 2.11. The van der Waals surface area contributed by atoms with Crippen molar-refractivity contribution in [3.8, 4) is 0 Å². The monoisotopic (exact) mass is 277 g/mol. The lowest BCUT2D eigenvalue weighted by Gasteiger charge is -2.21. The number of nitrogens with zero attached hydrogens (tertiary/aromatic N) is 2. The number of benzene rings is 1. The number of hydrogen-bond donors (Lipinski definition) is 1. The van der Waals surface area contributed by atoms with Crippen molar-refractivity contribution < 1.29 is 0 Å². The number of hydrogen-bond acceptors (Lipinski definition) is 3. The highest BCUT2D eigenvalue weighted by atomic mass is 32.1. The average molecular weight is 277 g/mol. The van der Waals surface area contributed by atoms with E-state index in [4.69, 9.17) is 18.0 Å². The lowest BCUT2D eigenvalue weighted by Crippen LogP contribution is -2.31. The second-order valence-corrected chi connectivity index (χ2v) is 5.79. The molecule has 2 rings (SSSR count). The average Bonchev–Trinajstić information content (AvgIpc) is 2.90. The molecule has 1 aromatic carbocycles. The fourth-order valence-corrected chi connectivity index (χ4v) is 2.62. The van der Waals surface area contributed by atoms with Crippen molar-refractivity contribution in [2.45, 2.75) is 19.4 Å². The molecule has 3 nitrogen and oxygen atoms in total. The van der Waals surface area contributed by atoms with Gasteiger partial charge in [-0.05, 0) is 38.5 Å². The molecular formula is C15H23N3S. The molecular weight excluding hydrogens is 254 g/mol. The molecule has 0 aromatic heterocycles. The zero-order valence-electron chi connectivity index (χ0n) is 11.6. The van der Waals surface area contributed by atoms with Crippen LogP contribution in [0.5, 0.6) is 0 Å². The summed E-state index contributed by atoms with van der Waals surface area (Å²) in [7, 11) is 2.18. The van der Waals surface area contributed by atoms with Crippen molar-refractivity contribution in [1.82, 2.24) is 9.80 Å². The standard InChI is InChI=1S/C15H23N3S/c1-17(10-11-18-8-2-3-9-18)12-13-4-6-14(7-5-13)15(16)19/h4-7H,2-3,8-12H2,1H3,(H2,16,19). The fraction of sp³-hybridized carbons (Fsp3) is 0.533. The smallest absolute Gasteiger partial charge is 0.103 e. The Morgan fingerprint density at radius 3 is 2.47 bits per heavy atom. The van der Waals surface area contributed by atoms with Gasteiger partial charge in [-0.25, -0.2) is 0 Å². The molecule has 0 saturated carbocycles. The van der Waals surface area contributed by atoms with E-state index < -0.39 is 0 Å². The summed E-state index contributed by atoms with van der Waals surface area (Å²) in [5, 5.41) is 0. The van der Waals surface area contributed by atoms with Crippen LogP contribution < -0.4 is 5.73 Å². The van der Waals surface area contributed by atoms with Gasteiger partial charge in [-0.2, -0.15) is 0 Å². The van der Waals surface area contributed by atoms with E-state index in [1.165, 1.54) is 38.0 Å². The van der Waals surface area contributed by atoms with E-state index in [1.54, 1.807) is 0 Å². The van der Waals surface area contributed by atoms with Gasteiger partial charge in [0.25, 0.3) is 0 Å². The molecule has 0 spiro atoms. The highest BCUT2D eigenvalue weighted by molar-refractivity contribution is 7.80. The Kier molecular flexibility index (Phi) is 5.31. The third-order valence-corrected chi connectivity index (χ3v) is 3.92. The molecule has 1 aliphatic rings. The first-order valence-corrected chi connectivity index (χ1v) is 7.35. The van der Waals surface area contributed by atoms with Crippen LogP contribution in [0.3, 0.4) is 0 Å². The first-order valence-electron chi connectivity index (χ1n) is 6.95. The summed E-state index contributed by atoms with van der Waals surface area (Å²) < 4.78 is 0. The first kappa shape index (κ1) is 14.4. The van der Waals surface area contributed by atoms with E-state index in [2.05, 4.69) is 29.0 Å². The predicted octanol–water partition coefficient (Wildman–Crippen LogP) is 1.85. The van der Waals surface area contributed by atoms with Crippen LogP contribution in [0.4, 0.5) is 0 Å². The number of likely N-dealkylation sites (tertiary alicyclic amines) is 1. The summed E-state index contributed by atoms with van der Waals surface area (Å²) >= 11 is 4.96. The molecule has 0 radical (unpaired) electrons. The minimum absolute atomic E-state index is 0.467. The van der Waals surface area contributed by atoms with Gasteiger partial charge in [0, 0.05) is 25.2 Å². The minimum Gasteiger partial charge on any atom is -0.389 e. The van der Waals surface area contributed by atoms with Crippen molar-refractivity contribution in [3.63, 3.8) is 0 Å². The molecule has 1 fully saturated rings. The van der Waals surface area contributed by atoms with Crippen LogP contribution in [-0.2, 0) is 6.54 Å². The maximum atomic E-state index is 5.60. The van der Waals surface area contributed by atoms with E-state index in [-0.39, 0.29) is 0 Å². The molecule has 19 heavy (non-hydrogen) atoms. The third kappa shape index (κ3) is 4.56. The minimum atomic E-state index is 0.467. The third-order valence-electron chi connectivity index (χ3n) is 3.69. The lowest BCUT2D eigenvalue weighted by molar-refractivity contribution is 0.252. The quantitative estimate of drug-likeness (QED) is 0.804. The van der Waals surface area contributed by atoms with Crippen molar-refractivity contribution in [3.05, 3.63) is 35.4 Å². The molecule has 1 aliphatic heterocycles. The van der Waals surface area contributed by atoms with Crippen LogP contribution in [0.2, 0.25) is 0 Å². The molecule has 104 valence electrons. The maximum Gasteiger partial charge on any atom is 0.103 e. The van der Waals surface area contributed by atoms with Gasteiger partial charge >= 0.3 is 0 Å². The van der Waals surface area contributed by atoms with Gasteiger partial charge in [0.2, 0.25) is 0 Å². The first-order chi connectivity index (χ1) is 9.15. The van der Waals surface area contributed by atoms with Crippen molar-refractivity contribution in [2.75, 3.05) is 33.2 Å². The van der Waals surface area contributed by atoms with Crippen LogP contribution in [0, 0.1) is 0 Å². The summed E-state index contributed by atoms with van der Waals surface area (Å²) in [6.07, 6.45) is 2.73. The number of nitrogens with two attached hydrogens (primary N) is 1. The topological polar surface area (TPSA) is 32.5 Å². The molecule has 0 atom stereocenters. The van der Waals surface area contributed by atoms with Gasteiger partial charge in [-0.1, -0.05) is 36.5 Å². The molecule has 0 unspecified atom stereocenters. The Labute approximate surface area is 121 Å². The van der Waals surface area contributed by atoms with Crippen molar-refractivity contribution >= 4 is 17.2 Å². The summed E-state index contributed by atoms with van der Waals surface area (Å²) in [5.41, 5.74) is 7.85. The Bertz CT molecular complexity index is 410. The molecule has 4 heteroatoms. The van der Waals surface area contributed by atoms with E-state index in [0.717, 1.165) is 18.7 Å². The fourth-order valence-electron chi connectivity index (χ4n) is 2.48. The van der Waals surface area contributed by atoms with Crippen molar-refractivity contribution in [2.24, 2.45) is 5.73 Å². The van der Waals surface area contributed by atoms with Crippen molar-refractivity contribution in [1.29, 1.82) is 0 Å². The van der Waals surface area contributed by atoms with E-state index >= 15 is 0 Å². The van der Waals surface area contributed by atoms with Gasteiger partial charge in [0.05, 0.1) is 0 Å². The molecule has 1 saturated heterocycles. The van der Waals surface area contributed by atoms with E-state index in [9.17, 15) is 0 Å². The van der Waals surface area contributed by atoms with Crippen LogP contribution >= 0.6 is 12.2 Å². The van der Waals surface area contributed by atoms with Gasteiger partial charge in [-0.3, -0.25) is 0 Å². The van der Waals surface area contributed by atoms with Crippen LogP contribution in [-0.4, -0.2) is 48.0 Å². The Morgan fingerprint density at radius 2 is 1.89 bits per heavy atom. The SMILES string of the molecule is CN(CCN1CCCC1)Cc1ccc(C(N)=S)cc1. The van der Waals surface area contributed by atoms with Gasteiger partial charge in [0.15, 0.2) is 0 Å². The largest absolute Gasteiger partial charge is 0.389 e. The zero-order valence-corrected chi connectivity index (χ0v) is 12.5. The van der Waals surface area contributed by atoms with Gasteiger partial charge in [0.1, 0.15) is 4.99 Å². The summed E-state index contributed by atoms with van der Waals surface area (Å²) in [5.74, 6) is 0. The highest BCUT2D eigenvalue weighted by Crippen LogP contribution is 2.09. The maximum absolute atomic E-state index is 5.60. The molecule has 2 N–H and O–H groups in total. The second kappa shape index (κ2) is 6.98. The van der Waals surface area contributed by atoms with E-state index in [0.29, 0.717) is 4.99 Å². The van der Waals surface area contributed by atoms with Gasteiger partial charge in [-0.15, -0.1) is 0 Å². The van der Waals surface area contributed by atoms with Crippen LogP contribution in [0.1, 0.15) is 24.0 Å². The molecule has 0 bridgehead atoms. The second-order valence-electron chi connectivity index (χ2n) is 5.35. The summed E-state index contributed by atoms with van der Waals surface area (Å²) in [4.78, 5) is 5.38. The van der Waals surface area contributed by atoms with Crippen LogP contribution in [0.25, 0.3) is 0 Å². The zero-order chi connectivity index (χ0) is 13.7. The number of rotatable bonds is 6. The molecule has 1 aromatic rings. The summed E-state index contributed by atoms with van der Waals surface area (Å²) in [6, 6.07) is 8.24. The van der Waals surface area contributed by atoms with Gasteiger partial charge < -0.3 is 15.5 Å². The summed E-state index contributed by atoms with van der Waals surface area (Å²) in [6.45, 7) is 5.83. The Hall–Kier alpha value is -0.970. The Morgan fingerprint density at radius 1 is 1.26 bits per heavy atom. The molecule has 1 heterocycles. The van der Waals surface area contributed by atoms with E-state index in [1.807, 2.05) is 12.1 Å². The molecule has 0 aliphatic carbocycles. The molecule has 0 amide bonds. The number of thiocarbonyl (C=S) groups is 1. The number of likely N-dealkylation sites (N-methyl/N-ethyl adjacent to an activating group) is 1. The Balaban J connectivity index is 1.77. The predicted molar refractivity (Wildman–Crippen MR) is 84.3 cm³/mol. The lowest BCUT2D eigenvalue weighted by atomic mass is 10.1. The normalized spacial score (nSPS) is 16.1.